The van der Waals surface area contributed by atoms with Gasteiger partial charge in [0.05, 0.1) is 11.7 Å². The molecule has 1 heterocycles. The zero-order valence-electron chi connectivity index (χ0n) is 11.4. The summed E-state index contributed by atoms with van der Waals surface area (Å²) in [6.07, 6.45) is 3.95. The highest BCUT2D eigenvalue weighted by molar-refractivity contribution is 9.10. The number of hydrogen-bond acceptors (Lipinski definition) is 2. The fourth-order valence-corrected chi connectivity index (χ4v) is 2.74. The minimum atomic E-state index is 0.295. The van der Waals surface area contributed by atoms with Gasteiger partial charge in [-0.2, -0.15) is 5.10 Å². The Kier molecular flexibility index (Phi) is 5.16. The van der Waals surface area contributed by atoms with Crippen molar-refractivity contribution in [3.63, 3.8) is 0 Å². The van der Waals surface area contributed by atoms with Crippen LogP contribution in [0.15, 0.2) is 41.0 Å². The van der Waals surface area contributed by atoms with Crippen LogP contribution in [0.25, 0.3) is 0 Å². The lowest BCUT2D eigenvalue weighted by Crippen LogP contribution is -2.22. The van der Waals surface area contributed by atoms with E-state index in [1.54, 1.807) is 0 Å². The van der Waals surface area contributed by atoms with Crippen LogP contribution in [0.4, 0.5) is 0 Å². The number of nitrogens with zero attached hydrogens (tertiary/aromatic N) is 2. The van der Waals surface area contributed by atoms with Crippen LogP contribution in [-0.4, -0.2) is 16.8 Å². The summed E-state index contributed by atoms with van der Waals surface area (Å²) in [5.74, 6) is 0. The Morgan fingerprint density at radius 2 is 2.21 bits per heavy atom. The number of aryl methyl sites for hydroxylation is 1. The van der Waals surface area contributed by atoms with Crippen molar-refractivity contribution in [2.75, 3.05) is 7.05 Å². The monoisotopic (exact) mass is 321 g/mol. The van der Waals surface area contributed by atoms with Crippen molar-refractivity contribution in [2.24, 2.45) is 0 Å². The van der Waals surface area contributed by atoms with Gasteiger partial charge in [0.2, 0.25) is 0 Å². The van der Waals surface area contributed by atoms with Gasteiger partial charge in [0, 0.05) is 17.2 Å². The maximum Gasteiger partial charge on any atom is 0.0556 e. The largest absolute Gasteiger partial charge is 0.311 e. The summed E-state index contributed by atoms with van der Waals surface area (Å²) in [4.78, 5) is 0. The lowest BCUT2D eigenvalue weighted by atomic mass is 10.0. The summed E-state index contributed by atoms with van der Waals surface area (Å²) in [6, 6.07) is 10.9. The van der Waals surface area contributed by atoms with E-state index in [0.29, 0.717) is 6.04 Å². The number of aromatic nitrogens is 2. The van der Waals surface area contributed by atoms with Crippen LogP contribution in [0.2, 0.25) is 0 Å². The highest BCUT2D eigenvalue weighted by Crippen LogP contribution is 2.20. The molecule has 1 unspecified atom stereocenters. The Bertz CT molecular complexity index is 522. The molecule has 1 aromatic carbocycles. The van der Waals surface area contributed by atoms with Gasteiger partial charge in [0.25, 0.3) is 0 Å². The Hall–Kier alpha value is -1.13. The topological polar surface area (TPSA) is 29.9 Å². The molecule has 2 aromatic rings. The predicted molar refractivity (Wildman–Crippen MR) is 82.2 cm³/mol. The van der Waals surface area contributed by atoms with Gasteiger partial charge in [-0.1, -0.05) is 35.0 Å². The molecule has 0 amide bonds. The van der Waals surface area contributed by atoms with Crippen molar-refractivity contribution in [3.05, 3.63) is 52.3 Å². The molecule has 0 bridgehead atoms. The minimum Gasteiger partial charge on any atom is -0.311 e. The Labute approximate surface area is 123 Å². The zero-order chi connectivity index (χ0) is 13.7. The van der Waals surface area contributed by atoms with E-state index in [4.69, 9.17) is 0 Å². The van der Waals surface area contributed by atoms with E-state index in [9.17, 15) is 0 Å². The van der Waals surface area contributed by atoms with Gasteiger partial charge in [-0.3, -0.25) is 4.68 Å². The summed E-state index contributed by atoms with van der Waals surface area (Å²) >= 11 is 3.52. The van der Waals surface area contributed by atoms with Crippen molar-refractivity contribution in [2.45, 2.75) is 32.4 Å². The van der Waals surface area contributed by atoms with Gasteiger partial charge >= 0.3 is 0 Å². The average Bonchev–Trinajstić information content (AvgIpc) is 2.85. The molecule has 0 radical (unpaired) electrons. The van der Waals surface area contributed by atoms with Gasteiger partial charge in [-0.25, -0.2) is 0 Å². The van der Waals surface area contributed by atoms with E-state index in [2.05, 4.69) is 68.3 Å². The quantitative estimate of drug-likeness (QED) is 0.881. The van der Waals surface area contributed by atoms with Crippen LogP contribution in [0.1, 0.15) is 30.6 Å². The van der Waals surface area contributed by atoms with Gasteiger partial charge in [0.15, 0.2) is 0 Å². The molecule has 19 heavy (non-hydrogen) atoms. The third-order valence-corrected chi connectivity index (χ3v) is 3.71. The van der Waals surface area contributed by atoms with Gasteiger partial charge in [0.1, 0.15) is 0 Å². The van der Waals surface area contributed by atoms with E-state index in [-0.39, 0.29) is 0 Å². The van der Waals surface area contributed by atoms with Crippen LogP contribution in [0.5, 0.6) is 0 Å². The van der Waals surface area contributed by atoms with Gasteiger partial charge in [-0.15, -0.1) is 0 Å². The SMILES string of the molecule is CCCn1nccc1C(Cc1cccc(Br)c1)NC. The first-order valence-corrected chi connectivity index (χ1v) is 7.47. The van der Waals surface area contributed by atoms with Crippen molar-refractivity contribution < 1.29 is 0 Å². The molecule has 1 atom stereocenters. The molecule has 102 valence electrons. The van der Waals surface area contributed by atoms with Gasteiger partial charge in [-0.05, 0) is 43.7 Å². The predicted octanol–water partition coefficient (Wildman–Crippen LogP) is 3.56. The Balaban J connectivity index is 2.18. The molecule has 0 aliphatic carbocycles. The molecule has 0 saturated carbocycles. The van der Waals surface area contributed by atoms with E-state index in [1.165, 1.54) is 11.3 Å². The molecule has 2 rings (SSSR count). The highest BCUT2D eigenvalue weighted by atomic mass is 79.9. The van der Waals surface area contributed by atoms with E-state index in [0.717, 1.165) is 23.9 Å². The normalized spacial score (nSPS) is 12.6. The number of benzene rings is 1. The Morgan fingerprint density at radius 3 is 2.89 bits per heavy atom. The summed E-state index contributed by atoms with van der Waals surface area (Å²) in [5.41, 5.74) is 2.57. The summed E-state index contributed by atoms with van der Waals surface area (Å²) in [7, 11) is 2.01. The molecule has 1 N–H and O–H groups in total. The number of hydrogen-bond donors (Lipinski definition) is 1. The fourth-order valence-electron chi connectivity index (χ4n) is 2.29. The third kappa shape index (κ3) is 3.67. The second kappa shape index (κ2) is 6.87. The van der Waals surface area contributed by atoms with Crippen LogP contribution >= 0.6 is 15.9 Å². The van der Waals surface area contributed by atoms with E-state index >= 15 is 0 Å². The molecule has 0 aliphatic heterocycles. The number of nitrogens with one attached hydrogen (secondary N) is 1. The lowest BCUT2D eigenvalue weighted by Gasteiger charge is -2.18. The molecule has 4 heteroatoms. The zero-order valence-corrected chi connectivity index (χ0v) is 13.0. The number of rotatable bonds is 6. The number of halogens is 1. The summed E-state index contributed by atoms with van der Waals surface area (Å²) in [6.45, 7) is 3.15. The molecule has 1 aromatic heterocycles. The summed E-state index contributed by atoms with van der Waals surface area (Å²) < 4.78 is 3.22. The second-order valence-electron chi connectivity index (χ2n) is 4.65. The smallest absolute Gasteiger partial charge is 0.0556 e. The lowest BCUT2D eigenvalue weighted by molar-refractivity contribution is 0.497. The van der Waals surface area contributed by atoms with Crippen LogP contribution in [0, 0.1) is 0 Å². The molecule has 0 spiro atoms. The van der Waals surface area contributed by atoms with Crippen molar-refractivity contribution in [3.8, 4) is 0 Å². The van der Waals surface area contributed by atoms with Crippen LogP contribution < -0.4 is 5.32 Å². The first-order chi connectivity index (χ1) is 9.24. The van der Waals surface area contributed by atoms with E-state index in [1.807, 2.05) is 13.2 Å². The molecular formula is C15H20BrN3. The molecular weight excluding hydrogens is 302 g/mol. The maximum absolute atomic E-state index is 4.40. The van der Waals surface area contributed by atoms with Crippen LogP contribution in [0.3, 0.4) is 0 Å². The average molecular weight is 322 g/mol. The van der Waals surface area contributed by atoms with E-state index < -0.39 is 0 Å². The van der Waals surface area contributed by atoms with Crippen LogP contribution in [-0.2, 0) is 13.0 Å². The number of likely N-dealkylation sites (N-methyl/N-ethyl adjacent to an activating group) is 1. The maximum atomic E-state index is 4.40. The minimum absolute atomic E-state index is 0.295. The molecule has 0 saturated heterocycles. The first-order valence-electron chi connectivity index (χ1n) is 6.68. The van der Waals surface area contributed by atoms with Crippen molar-refractivity contribution >= 4 is 15.9 Å². The second-order valence-corrected chi connectivity index (χ2v) is 5.57. The fraction of sp³-hybridized carbons (Fsp3) is 0.400. The van der Waals surface area contributed by atoms with Crippen molar-refractivity contribution in [1.29, 1.82) is 0 Å². The van der Waals surface area contributed by atoms with Gasteiger partial charge < -0.3 is 5.32 Å². The molecule has 3 nitrogen and oxygen atoms in total. The third-order valence-electron chi connectivity index (χ3n) is 3.22. The highest BCUT2D eigenvalue weighted by Gasteiger charge is 2.14. The Morgan fingerprint density at radius 1 is 1.37 bits per heavy atom. The summed E-state index contributed by atoms with van der Waals surface area (Å²) in [5, 5.41) is 7.80. The first kappa shape index (κ1) is 14.3. The molecule has 0 fully saturated rings. The molecule has 0 aliphatic rings. The standard InChI is InChI=1S/C15H20BrN3/c1-3-9-19-15(7-8-18-19)14(17-2)11-12-5-4-6-13(16)10-12/h4-8,10,14,17H,3,9,11H2,1-2H3. The van der Waals surface area contributed by atoms with Crippen molar-refractivity contribution in [1.82, 2.24) is 15.1 Å².